The van der Waals surface area contributed by atoms with Gasteiger partial charge in [0.05, 0.1) is 95.7 Å². The zero-order valence-corrected chi connectivity index (χ0v) is 73.1. The second kappa shape index (κ2) is 42.1. The van der Waals surface area contributed by atoms with Gasteiger partial charge in [-0.2, -0.15) is 0 Å². The van der Waals surface area contributed by atoms with Crippen LogP contribution in [0.15, 0.2) is 134 Å². The number of esters is 1. The van der Waals surface area contributed by atoms with Gasteiger partial charge in [-0.25, -0.2) is 14.6 Å². The van der Waals surface area contributed by atoms with Gasteiger partial charge in [0, 0.05) is 19.0 Å². The van der Waals surface area contributed by atoms with Crippen molar-refractivity contribution in [1.29, 1.82) is 0 Å². The number of hydrogen-bond acceptors (Lipinski definition) is 19. The molecule has 0 aliphatic rings. The normalized spacial score (nSPS) is 15.2. The molecule has 30 nitrogen and oxygen atoms in total. The first-order valence-electron chi connectivity index (χ1n) is 38.7. The summed E-state index contributed by atoms with van der Waals surface area (Å²) in [5, 5.41) is 40.2. The first-order valence-corrected chi connectivity index (χ1v) is 39.7. The van der Waals surface area contributed by atoms with E-state index in [1.165, 1.54) is 6.92 Å². The number of benzene rings is 4. The van der Waals surface area contributed by atoms with Crippen molar-refractivity contribution >= 4 is 88.2 Å². The molecule has 638 valence electrons. The highest BCUT2D eigenvalue weighted by molar-refractivity contribution is 14.1. The van der Waals surface area contributed by atoms with Gasteiger partial charge in [0.25, 0.3) is 5.91 Å². The standard InChI is InChI=1S/C85H122IN11O19/c1-51(2)66(73(104)91-64(49-112-80(8,9)10)72(103)90-62(47-98)77(108)109)94-70(101)60(45-65(99)115-83(17,18)19)88-71(102)63(48-111-79(5,6)7)92-74(105)67(52(3)113-81(11,12)13)95-69(100)59(43-54-35-27-23-28-36-54)89-75(106)68(53(4)114-82(14,15)16)97(86)76(107)61(93-78(110)116-84(20,21)22)44-58-46-96(50-87-58)85(55-37-29-24-30-38-55,56-39-31-25-32-40-56)57-41-33-26-34-42-57/h23-42,46,50-53,59-64,66-68,98H,43-45,47-49H2,1-22H3,(H,88,102)(H,89,106)(H,90,103)(H,91,104)(H,92,105)(H,93,110)(H,94,101)(H,95,100)(H,108,109)/t52-,53-,59+,60+,61+,62+,63+,64+,66+,67+,68+/m1/s1. The quantitative estimate of drug-likeness (QED) is 0.00778. The summed E-state index contributed by atoms with van der Waals surface area (Å²) in [5.74, 6) is -11.3. The Balaban J connectivity index is 1.58. The Kier molecular flexibility index (Phi) is 35.3. The van der Waals surface area contributed by atoms with Gasteiger partial charge >= 0.3 is 18.0 Å². The Morgan fingerprint density at radius 3 is 1.26 bits per heavy atom. The van der Waals surface area contributed by atoms with Crippen LogP contribution in [0.4, 0.5) is 4.79 Å². The maximum Gasteiger partial charge on any atom is 0.408 e. The number of carboxylic acids is 1. The van der Waals surface area contributed by atoms with Crippen molar-refractivity contribution in [3.63, 3.8) is 0 Å². The maximum absolute atomic E-state index is 15.7. The Hall–Kier alpha value is -9.41. The number of carboxylic acid groups (broad SMARTS) is 1. The zero-order valence-electron chi connectivity index (χ0n) is 70.9. The van der Waals surface area contributed by atoms with Crippen molar-refractivity contribution < 1.29 is 91.4 Å². The first-order chi connectivity index (χ1) is 53.7. The number of aromatic nitrogens is 2. The molecule has 1 heterocycles. The smallest absolute Gasteiger partial charge is 0.408 e. The molecule has 1 aromatic heterocycles. The molecule has 5 aromatic rings. The Labute approximate surface area is 695 Å². The molecule has 0 aliphatic carbocycles. The van der Waals surface area contributed by atoms with Gasteiger partial charge in [0.2, 0.25) is 41.4 Å². The lowest BCUT2D eigenvalue weighted by atomic mass is 9.77. The average molecular weight is 1730 g/mol. The molecule has 0 saturated carbocycles. The number of nitrogens with zero attached hydrogens (tertiary/aromatic N) is 3. The summed E-state index contributed by atoms with van der Waals surface area (Å²) in [7, 11) is 0. The van der Waals surface area contributed by atoms with E-state index in [1.54, 1.807) is 211 Å². The van der Waals surface area contributed by atoms with E-state index in [2.05, 4.69) is 42.5 Å². The van der Waals surface area contributed by atoms with Crippen LogP contribution in [-0.2, 0) is 94.7 Å². The molecule has 10 N–H and O–H groups in total. The molecule has 31 heteroatoms. The molecule has 116 heavy (non-hydrogen) atoms. The fraction of sp³-hybridized carbons (Fsp3) is 0.553. The number of aliphatic hydroxyl groups is 1. The topological polar surface area (TPSA) is 401 Å². The third-order valence-electron chi connectivity index (χ3n) is 17.3. The highest BCUT2D eigenvalue weighted by Gasteiger charge is 2.45. The van der Waals surface area contributed by atoms with Crippen LogP contribution in [0.1, 0.15) is 187 Å². The minimum atomic E-state index is -1.87. The molecule has 0 fully saturated rings. The molecular formula is C85H122IN11O19. The molecule has 9 amide bonds. The van der Waals surface area contributed by atoms with Crippen LogP contribution >= 0.6 is 22.9 Å². The molecule has 11 atom stereocenters. The number of hydrogen-bond donors (Lipinski definition) is 10. The predicted molar refractivity (Wildman–Crippen MR) is 444 cm³/mol. The van der Waals surface area contributed by atoms with E-state index in [9.17, 15) is 39.0 Å². The molecule has 0 unspecified atom stereocenters. The van der Waals surface area contributed by atoms with E-state index in [4.69, 9.17) is 33.4 Å². The lowest BCUT2D eigenvalue weighted by Gasteiger charge is -2.37. The zero-order chi connectivity index (χ0) is 87.2. The van der Waals surface area contributed by atoms with Crippen LogP contribution in [0.25, 0.3) is 0 Å². The summed E-state index contributed by atoms with van der Waals surface area (Å²) in [6.07, 6.45) is -1.19. The number of nitrogens with one attached hydrogen (secondary N) is 8. The number of imidazole rings is 1. The maximum atomic E-state index is 15.7. The first kappa shape index (κ1) is 97.2. The number of halogens is 1. The molecule has 0 spiro atoms. The van der Waals surface area contributed by atoms with E-state index >= 15 is 24.0 Å². The molecule has 0 saturated heterocycles. The number of aliphatic carboxylic acids is 1. The summed E-state index contributed by atoms with van der Waals surface area (Å²) < 4.78 is 39.2. The molecule has 4 aromatic carbocycles. The fourth-order valence-electron chi connectivity index (χ4n) is 12.3. The van der Waals surface area contributed by atoms with Crippen molar-refractivity contribution in [1.82, 2.24) is 55.2 Å². The van der Waals surface area contributed by atoms with Crippen LogP contribution in [0, 0.1) is 5.92 Å². The lowest BCUT2D eigenvalue weighted by Crippen LogP contribution is -2.64. The summed E-state index contributed by atoms with van der Waals surface area (Å²) in [6, 6.07) is 23.3. The van der Waals surface area contributed by atoms with Gasteiger partial charge in [0.1, 0.15) is 71.1 Å². The number of rotatable bonds is 38. The molecular weight excluding hydrogens is 1610 g/mol. The average Bonchev–Trinajstić information content (AvgIpc) is 1.32. The van der Waals surface area contributed by atoms with Crippen molar-refractivity contribution in [3.8, 4) is 0 Å². The van der Waals surface area contributed by atoms with Gasteiger partial charge in [-0.3, -0.25) is 46.3 Å². The number of aliphatic hydroxyl groups excluding tert-OH is 1. The highest BCUT2D eigenvalue weighted by Crippen LogP contribution is 2.41. The second-order valence-electron chi connectivity index (χ2n) is 34.8. The molecule has 5 rings (SSSR count). The summed E-state index contributed by atoms with van der Waals surface area (Å²) in [5.41, 5.74) is -3.42. The molecule has 0 bridgehead atoms. The van der Waals surface area contributed by atoms with Crippen LogP contribution in [0.5, 0.6) is 0 Å². The van der Waals surface area contributed by atoms with Crippen LogP contribution in [-0.4, -0.2) is 208 Å². The van der Waals surface area contributed by atoms with Gasteiger partial charge < -0.3 is 85.7 Å². The Morgan fingerprint density at radius 2 is 0.836 bits per heavy atom. The second-order valence-corrected chi connectivity index (χ2v) is 35.9. The number of carbonyl (C=O) groups is 11. The van der Waals surface area contributed by atoms with E-state index in [0.717, 1.165) is 19.8 Å². The van der Waals surface area contributed by atoms with Crippen molar-refractivity contribution in [2.45, 2.75) is 277 Å². The van der Waals surface area contributed by atoms with E-state index in [-0.39, 0.29) is 12.8 Å². The number of amides is 9. The van der Waals surface area contributed by atoms with Crippen molar-refractivity contribution in [2.24, 2.45) is 5.92 Å². The predicted octanol–water partition coefficient (Wildman–Crippen LogP) is 7.84. The third-order valence-corrected chi connectivity index (χ3v) is 18.4. The highest BCUT2D eigenvalue weighted by atomic mass is 127. The number of alkyl carbamates (subject to hydrolysis) is 1. The Bertz CT molecular complexity index is 3990. The van der Waals surface area contributed by atoms with Gasteiger partial charge in [-0.1, -0.05) is 135 Å². The Morgan fingerprint density at radius 1 is 0.440 bits per heavy atom. The largest absolute Gasteiger partial charge is 0.480 e. The summed E-state index contributed by atoms with van der Waals surface area (Å²) in [4.78, 5) is 165. The molecule has 0 aliphatic heterocycles. The number of carbonyl (C=O) groups excluding carboxylic acids is 10. The monoisotopic (exact) mass is 1730 g/mol. The van der Waals surface area contributed by atoms with Gasteiger partial charge in [-0.15, -0.1) is 0 Å². The van der Waals surface area contributed by atoms with E-state index < -0.39 is 203 Å². The van der Waals surface area contributed by atoms with Crippen LogP contribution < -0.4 is 42.5 Å². The van der Waals surface area contributed by atoms with Crippen LogP contribution in [0.3, 0.4) is 0 Å². The lowest BCUT2D eigenvalue weighted by molar-refractivity contribution is -0.157. The van der Waals surface area contributed by atoms with Crippen molar-refractivity contribution in [3.05, 3.63) is 162 Å². The minimum Gasteiger partial charge on any atom is -0.480 e. The van der Waals surface area contributed by atoms with E-state index in [0.29, 0.717) is 11.3 Å². The van der Waals surface area contributed by atoms with Crippen LogP contribution in [0.2, 0.25) is 0 Å². The minimum absolute atomic E-state index is 0.218. The van der Waals surface area contributed by atoms with Crippen molar-refractivity contribution in [2.75, 3.05) is 19.8 Å². The van der Waals surface area contributed by atoms with Gasteiger partial charge in [0.15, 0.2) is 0 Å². The molecule has 0 radical (unpaired) electrons. The number of ether oxygens (including phenoxy) is 6. The van der Waals surface area contributed by atoms with Gasteiger partial charge in [-0.05, 0) is 167 Å². The third kappa shape index (κ3) is 31.2. The summed E-state index contributed by atoms with van der Waals surface area (Å²) >= 11 is 1.71. The SMILES string of the molecule is CC(C)[C@H](NC(=O)[C@H](CC(=O)OC(C)(C)C)NC(=O)[C@H](COC(C)(C)C)NC(=O)[C@@H](NC(=O)[C@H](Cc1ccccc1)NC(=O)[C@H]([C@@H](C)OC(C)(C)C)N(I)C(=O)[C@H](Cc1cn(C(c2ccccc2)(c2ccccc2)c2ccccc2)cn1)NC(=O)OC(C)(C)C)[C@@H](C)OC(C)(C)C)C(=O)N[C@@H](COC(C)(C)C)C(=O)N[C@@H](CO)C(=O)O. The van der Waals surface area contributed by atoms with E-state index in [1.807, 2.05) is 95.6 Å². The fourth-order valence-corrected chi connectivity index (χ4v) is 13.4. The summed E-state index contributed by atoms with van der Waals surface area (Å²) in [6.45, 7) is 34.2.